The van der Waals surface area contributed by atoms with Crippen LogP contribution in [0.2, 0.25) is 0 Å². The summed E-state index contributed by atoms with van der Waals surface area (Å²) in [6, 6.07) is 3.93. The summed E-state index contributed by atoms with van der Waals surface area (Å²) < 4.78 is 26.3. The van der Waals surface area contributed by atoms with Crippen LogP contribution in [0.5, 0.6) is 0 Å². The number of benzene rings is 1. The van der Waals surface area contributed by atoms with Crippen LogP contribution >= 0.6 is 11.8 Å². The van der Waals surface area contributed by atoms with Crippen molar-refractivity contribution in [2.75, 3.05) is 16.8 Å². The zero-order valence-electron chi connectivity index (χ0n) is 10.1. The lowest BCUT2D eigenvalue weighted by atomic mass is 9.88. The van der Waals surface area contributed by atoms with Gasteiger partial charge >= 0.3 is 0 Å². The molecule has 0 spiro atoms. The number of rotatable bonds is 2. The van der Waals surface area contributed by atoms with Crippen molar-refractivity contribution in [3.8, 4) is 0 Å². The zero-order valence-corrected chi connectivity index (χ0v) is 10.9. The average molecular weight is 257 g/mol. The van der Waals surface area contributed by atoms with Crippen LogP contribution < -0.4 is 5.32 Å². The number of thioether (sulfide) groups is 1. The molecule has 1 heterocycles. The highest BCUT2D eigenvalue weighted by molar-refractivity contribution is 7.99. The van der Waals surface area contributed by atoms with Gasteiger partial charge in [-0.25, -0.2) is 8.78 Å². The molecule has 0 radical (unpaired) electrons. The molecular formula is C13H17F2NS. The fraction of sp³-hybridized carbons (Fsp3) is 0.538. The molecule has 1 N–H and O–H groups in total. The Bertz CT molecular complexity index is 406. The second kappa shape index (κ2) is 4.84. The van der Waals surface area contributed by atoms with Gasteiger partial charge in [-0.05, 0) is 29.7 Å². The first kappa shape index (κ1) is 12.7. The standard InChI is InChI=1S/C13H17F2NS/c1-13(2)6-10(7-17-8-13)16-12-4-3-9(14)5-11(12)15/h3-5,10,16H,6-8H2,1-2H3. The molecule has 0 amide bonds. The molecule has 1 aliphatic heterocycles. The van der Waals surface area contributed by atoms with Crippen molar-refractivity contribution in [1.29, 1.82) is 0 Å². The second-order valence-electron chi connectivity index (χ2n) is 5.35. The van der Waals surface area contributed by atoms with E-state index in [0.717, 1.165) is 24.0 Å². The fourth-order valence-electron chi connectivity index (χ4n) is 2.18. The van der Waals surface area contributed by atoms with E-state index in [9.17, 15) is 8.78 Å². The van der Waals surface area contributed by atoms with Crippen LogP contribution in [-0.4, -0.2) is 17.5 Å². The van der Waals surface area contributed by atoms with Crippen LogP contribution in [-0.2, 0) is 0 Å². The quantitative estimate of drug-likeness (QED) is 0.862. The monoisotopic (exact) mass is 257 g/mol. The van der Waals surface area contributed by atoms with Gasteiger partial charge in [0.1, 0.15) is 11.6 Å². The van der Waals surface area contributed by atoms with Crippen molar-refractivity contribution in [3.05, 3.63) is 29.8 Å². The normalized spacial score (nSPS) is 23.4. The van der Waals surface area contributed by atoms with Crippen LogP contribution in [0.4, 0.5) is 14.5 Å². The highest BCUT2D eigenvalue weighted by Gasteiger charge is 2.28. The third-order valence-electron chi connectivity index (χ3n) is 2.90. The van der Waals surface area contributed by atoms with Gasteiger partial charge in [-0.2, -0.15) is 11.8 Å². The molecular weight excluding hydrogens is 240 g/mol. The molecule has 4 heteroatoms. The van der Waals surface area contributed by atoms with E-state index in [4.69, 9.17) is 0 Å². The first-order valence-electron chi connectivity index (χ1n) is 5.76. The minimum atomic E-state index is -0.536. The Labute approximate surface area is 105 Å². The molecule has 1 aromatic carbocycles. The number of anilines is 1. The maximum absolute atomic E-state index is 13.5. The van der Waals surface area contributed by atoms with Crippen LogP contribution in [0.3, 0.4) is 0 Å². The summed E-state index contributed by atoms with van der Waals surface area (Å²) in [6.45, 7) is 4.43. The fourth-order valence-corrected chi connectivity index (χ4v) is 3.46. The summed E-state index contributed by atoms with van der Waals surface area (Å²) in [5.41, 5.74) is 0.673. The molecule has 1 saturated heterocycles. The Morgan fingerprint density at radius 1 is 1.35 bits per heavy atom. The smallest absolute Gasteiger partial charge is 0.149 e. The lowest BCUT2D eigenvalue weighted by molar-refractivity contribution is 0.357. The molecule has 2 rings (SSSR count). The van der Waals surface area contributed by atoms with Gasteiger partial charge in [0.2, 0.25) is 0 Å². The first-order chi connectivity index (χ1) is 7.96. The van der Waals surface area contributed by atoms with Gasteiger partial charge in [-0.3, -0.25) is 0 Å². The van der Waals surface area contributed by atoms with Crippen molar-refractivity contribution in [2.24, 2.45) is 5.41 Å². The first-order valence-corrected chi connectivity index (χ1v) is 6.91. The number of hydrogen-bond acceptors (Lipinski definition) is 2. The van der Waals surface area contributed by atoms with Crippen molar-refractivity contribution < 1.29 is 8.78 Å². The number of hydrogen-bond donors (Lipinski definition) is 1. The molecule has 1 nitrogen and oxygen atoms in total. The highest BCUT2D eigenvalue weighted by atomic mass is 32.2. The van der Waals surface area contributed by atoms with E-state index in [0.29, 0.717) is 5.69 Å². The number of nitrogens with one attached hydrogen (secondary N) is 1. The SMILES string of the molecule is CC1(C)CSCC(Nc2ccc(F)cc2F)C1. The van der Waals surface area contributed by atoms with Crippen LogP contribution in [0.25, 0.3) is 0 Å². The minimum Gasteiger partial charge on any atom is -0.379 e. The molecule has 0 saturated carbocycles. The summed E-state index contributed by atoms with van der Waals surface area (Å²) in [5.74, 6) is 1.06. The van der Waals surface area contributed by atoms with Gasteiger partial charge in [-0.1, -0.05) is 13.8 Å². The highest BCUT2D eigenvalue weighted by Crippen LogP contribution is 2.35. The van der Waals surface area contributed by atoms with Crippen molar-refractivity contribution in [2.45, 2.75) is 26.3 Å². The molecule has 1 aromatic rings. The lowest BCUT2D eigenvalue weighted by Gasteiger charge is -2.35. The van der Waals surface area contributed by atoms with Gasteiger partial charge in [0, 0.05) is 17.9 Å². The van der Waals surface area contributed by atoms with Gasteiger partial charge in [0.15, 0.2) is 0 Å². The van der Waals surface area contributed by atoms with Gasteiger partial charge in [0.05, 0.1) is 5.69 Å². The van der Waals surface area contributed by atoms with E-state index < -0.39 is 11.6 Å². The Morgan fingerprint density at radius 2 is 2.12 bits per heavy atom. The third kappa shape index (κ3) is 3.35. The van der Waals surface area contributed by atoms with Crippen LogP contribution in [0, 0.1) is 17.0 Å². The minimum absolute atomic E-state index is 0.253. The predicted molar refractivity (Wildman–Crippen MR) is 69.5 cm³/mol. The van der Waals surface area contributed by atoms with E-state index >= 15 is 0 Å². The lowest BCUT2D eigenvalue weighted by Crippen LogP contribution is -2.35. The number of halogens is 2. The topological polar surface area (TPSA) is 12.0 Å². The molecule has 0 aromatic heterocycles. The molecule has 0 bridgehead atoms. The maximum Gasteiger partial charge on any atom is 0.149 e. The molecule has 1 aliphatic rings. The van der Waals surface area contributed by atoms with E-state index in [1.165, 1.54) is 12.1 Å². The summed E-state index contributed by atoms with van der Waals surface area (Å²) >= 11 is 1.88. The molecule has 1 unspecified atom stereocenters. The average Bonchev–Trinajstić information content (AvgIpc) is 2.21. The summed E-state index contributed by atoms with van der Waals surface area (Å²) in [6.07, 6.45) is 1.01. The van der Waals surface area contributed by atoms with E-state index in [-0.39, 0.29) is 11.5 Å². The zero-order chi connectivity index (χ0) is 12.5. The van der Waals surface area contributed by atoms with Crippen molar-refractivity contribution in [3.63, 3.8) is 0 Å². The summed E-state index contributed by atoms with van der Waals surface area (Å²) in [4.78, 5) is 0. The van der Waals surface area contributed by atoms with Crippen LogP contribution in [0.15, 0.2) is 18.2 Å². The van der Waals surface area contributed by atoms with Crippen LogP contribution in [0.1, 0.15) is 20.3 Å². The van der Waals surface area contributed by atoms with Crippen molar-refractivity contribution in [1.82, 2.24) is 0 Å². The second-order valence-corrected chi connectivity index (χ2v) is 6.38. The Hall–Kier alpha value is -0.770. The molecule has 0 aliphatic carbocycles. The predicted octanol–water partition coefficient (Wildman–Crippen LogP) is 3.91. The Morgan fingerprint density at radius 3 is 2.76 bits per heavy atom. The molecule has 17 heavy (non-hydrogen) atoms. The Balaban J connectivity index is 2.05. The van der Waals surface area contributed by atoms with Gasteiger partial charge in [-0.15, -0.1) is 0 Å². The molecule has 1 fully saturated rings. The Kier molecular flexibility index (Phi) is 3.61. The largest absolute Gasteiger partial charge is 0.379 e. The molecule has 1 atom stereocenters. The van der Waals surface area contributed by atoms with Gasteiger partial charge in [0.25, 0.3) is 0 Å². The molecule has 94 valence electrons. The summed E-state index contributed by atoms with van der Waals surface area (Å²) in [7, 11) is 0. The van der Waals surface area contributed by atoms with E-state index in [2.05, 4.69) is 19.2 Å². The van der Waals surface area contributed by atoms with Crippen molar-refractivity contribution >= 4 is 17.4 Å². The summed E-state index contributed by atoms with van der Waals surface area (Å²) in [5, 5.41) is 3.17. The third-order valence-corrected chi connectivity index (χ3v) is 4.53. The van der Waals surface area contributed by atoms with Gasteiger partial charge < -0.3 is 5.32 Å². The van der Waals surface area contributed by atoms with E-state index in [1.54, 1.807) is 0 Å². The van der Waals surface area contributed by atoms with E-state index in [1.807, 2.05) is 11.8 Å². The maximum atomic E-state index is 13.5.